The Morgan fingerprint density at radius 2 is 2.15 bits per heavy atom. The number of benzene rings is 1. The lowest BCUT2D eigenvalue weighted by molar-refractivity contribution is -0.120. The zero-order valence-corrected chi connectivity index (χ0v) is 11.9. The van der Waals surface area contributed by atoms with E-state index >= 15 is 0 Å². The molecule has 0 bridgehead atoms. The summed E-state index contributed by atoms with van der Waals surface area (Å²) in [6, 6.07) is 10.4. The number of hydrogen-bond donors (Lipinski definition) is 2. The van der Waals surface area contributed by atoms with Gasteiger partial charge in [-0.25, -0.2) is 0 Å². The van der Waals surface area contributed by atoms with Gasteiger partial charge in [-0.15, -0.1) is 0 Å². The molecule has 1 aliphatic heterocycles. The van der Waals surface area contributed by atoms with Crippen LogP contribution in [0.4, 0.5) is 0 Å². The number of hydrogen-bond acceptors (Lipinski definition) is 3. The summed E-state index contributed by atoms with van der Waals surface area (Å²) in [4.78, 5) is 11.6. The van der Waals surface area contributed by atoms with Gasteiger partial charge in [-0.3, -0.25) is 4.79 Å². The van der Waals surface area contributed by atoms with Crippen LogP contribution in [0.25, 0.3) is 0 Å². The van der Waals surface area contributed by atoms with E-state index in [2.05, 4.69) is 34.9 Å². The molecule has 1 fully saturated rings. The molecule has 0 spiro atoms. The van der Waals surface area contributed by atoms with E-state index in [0.717, 1.165) is 38.8 Å². The van der Waals surface area contributed by atoms with E-state index in [1.54, 1.807) is 0 Å². The van der Waals surface area contributed by atoms with E-state index in [4.69, 9.17) is 4.74 Å². The van der Waals surface area contributed by atoms with E-state index in [9.17, 15) is 4.79 Å². The van der Waals surface area contributed by atoms with Crippen LogP contribution < -0.4 is 10.6 Å². The molecule has 110 valence electrons. The standard InChI is InChI=1S/C16H24N2O2/c19-16(18-12-15-9-5-11-20-15)13-17-10-4-8-14-6-2-1-3-7-14/h1-3,6-7,15,17H,4-5,8-13H2,(H,18,19). The lowest BCUT2D eigenvalue weighted by Crippen LogP contribution is -2.38. The molecule has 4 nitrogen and oxygen atoms in total. The molecule has 1 aromatic rings. The Balaban J connectivity index is 1.47. The Kier molecular flexibility index (Phi) is 6.54. The second-order valence-corrected chi connectivity index (χ2v) is 5.21. The summed E-state index contributed by atoms with van der Waals surface area (Å²) in [5, 5.41) is 6.08. The number of carbonyl (C=O) groups is 1. The number of amides is 1. The second kappa shape index (κ2) is 8.72. The number of rotatable bonds is 8. The Hall–Kier alpha value is -1.39. The van der Waals surface area contributed by atoms with Crippen LogP contribution in [0, 0.1) is 0 Å². The SMILES string of the molecule is O=C(CNCCCc1ccccc1)NCC1CCCO1. The van der Waals surface area contributed by atoms with Crippen molar-refractivity contribution < 1.29 is 9.53 Å². The highest BCUT2D eigenvalue weighted by molar-refractivity contribution is 5.77. The second-order valence-electron chi connectivity index (χ2n) is 5.21. The lowest BCUT2D eigenvalue weighted by Gasteiger charge is -2.11. The van der Waals surface area contributed by atoms with Crippen molar-refractivity contribution in [2.75, 3.05) is 26.2 Å². The molecule has 1 aliphatic rings. The summed E-state index contributed by atoms with van der Waals surface area (Å²) < 4.78 is 5.46. The van der Waals surface area contributed by atoms with Gasteiger partial charge in [-0.2, -0.15) is 0 Å². The maximum atomic E-state index is 11.6. The summed E-state index contributed by atoms with van der Waals surface area (Å²) >= 11 is 0. The molecule has 2 rings (SSSR count). The topological polar surface area (TPSA) is 50.4 Å². The quantitative estimate of drug-likeness (QED) is 0.708. The van der Waals surface area contributed by atoms with E-state index in [1.807, 2.05) is 6.07 Å². The maximum absolute atomic E-state index is 11.6. The molecule has 0 aromatic heterocycles. The minimum absolute atomic E-state index is 0.0558. The van der Waals surface area contributed by atoms with Crippen LogP contribution in [0.1, 0.15) is 24.8 Å². The minimum Gasteiger partial charge on any atom is -0.376 e. The normalized spacial score (nSPS) is 18.1. The molecular weight excluding hydrogens is 252 g/mol. The molecule has 0 aliphatic carbocycles. The largest absolute Gasteiger partial charge is 0.376 e. The van der Waals surface area contributed by atoms with Gasteiger partial charge < -0.3 is 15.4 Å². The summed E-state index contributed by atoms with van der Waals surface area (Å²) in [5.74, 6) is 0.0558. The fourth-order valence-corrected chi connectivity index (χ4v) is 2.36. The monoisotopic (exact) mass is 276 g/mol. The van der Waals surface area contributed by atoms with Crippen LogP contribution >= 0.6 is 0 Å². The summed E-state index contributed by atoms with van der Waals surface area (Å²) in [7, 11) is 0. The average Bonchev–Trinajstić information content (AvgIpc) is 2.99. The van der Waals surface area contributed by atoms with Gasteiger partial charge in [0.25, 0.3) is 0 Å². The third kappa shape index (κ3) is 5.72. The first kappa shape index (κ1) is 15.0. The molecule has 0 saturated carbocycles. The van der Waals surface area contributed by atoms with Gasteiger partial charge in [-0.05, 0) is 37.8 Å². The van der Waals surface area contributed by atoms with Gasteiger partial charge in [0.2, 0.25) is 5.91 Å². The Morgan fingerprint density at radius 3 is 2.90 bits per heavy atom. The van der Waals surface area contributed by atoms with Gasteiger partial charge in [0.05, 0.1) is 12.6 Å². The molecule has 4 heteroatoms. The average molecular weight is 276 g/mol. The number of nitrogens with one attached hydrogen (secondary N) is 2. The van der Waals surface area contributed by atoms with Crippen LogP contribution in [0.2, 0.25) is 0 Å². The van der Waals surface area contributed by atoms with Crippen LogP contribution in [0.15, 0.2) is 30.3 Å². The minimum atomic E-state index is 0.0558. The van der Waals surface area contributed by atoms with Gasteiger partial charge in [0.15, 0.2) is 0 Å². The first-order valence-corrected chi connectivity index (χ1v) is 7.47. The highest BCUT2D eigenvalue weighted by atomic mass is 16.5. The highest BCUT2D eigenvalue weighted by Crippen LogP contribution is 2.10. The zero-order chi connectivity index (χ0) is 14.0. The molecule has 20 heavy (non-hydrogen) atoms. The summed E-state index contributed by atoms with van der Waals surface area (Å²) in [6.45, 7) is 2.73. The van der Waals surface area contributed by atoms with Crippen LogP contribution in [-0.4, -0.2) is 38.3 Å². The van der Waals surface area contributed by atoms with Crippen molar-refractivity contribution in [2.24, 2.45) is 0 Å². The molecule has 1 saturated heterocycles. The van der Waals surface area contributed by atoms with Crippen LogP contribution in [-0.2, 0) is 16.0 Å². The molecule has 1 heterocycles. The van der Waals surface area contributed by atoms with Gasteiger partial charge >= 0.3 is 0 Å². The number of carbonyl (C=O) groups excluding carboxylic acids is 1. The fraction of sp³-hybridized carbons (Fsp3) is 0.562. The third-order valence-corrected chi connectivity index (χ3v) is 3.50. The van der Waals surface area contributed by atoms with Crippen LogP contribution in [0.5, 0.6) is 0 Å². The molecule has 2 N–H and O–H groups in total. The summed E-state index contributed by atoms with van der Waals surface area (Å²) in [5.41, 5.74) is 1.34. The Labute approximate surface area is 120 Å². The first-order valence-electron chi connectivity index (χ1n) is 7.47. The molecule has 1 unspecified atom stereocenters. The molecule has 1 atom stereocenters. The van der Waals surface area contributed by atoms with E-state index < -0.39 is 0 Å². The van der Waals surface area contributed by atoms with E-state index in [1.165, 1.54) is 5.56 Å². The zero-order valence-electron chi connectivity index (χ0n) is 11.9. The van der Waals surface area contributed by atoms with Crippen molar-refractivity contribution in [3.05, 3.63) is 35.9 Å². The molecule has 1 amide bonds. The molecular formula is C16H24N2O2. The maximum Gasteiger partial charge on any atom is 0.234 e. The molecule has 0 radical (unpaired) electrons. The predicted molar refractivity (Wildman–Crippen MR) is 79.6 cm³/mol. The van der Waals surface area contributed by atoms with Crippen molar-refractivity contribution in [1.29, 1.82) is 0 Å². The molecule has 1 aromatic carbocycles. The number of ether oxygens (including phenoxy) is 1. The van der Waals surface area contributed by atoms with Gasteiger partial charge in [0.1, 0.15) is 0 Å². The Bertz CT molecular complexity index is 389. The van der Waals surface area contributed by atoms with E-state index in [-0.39, 0.29) is 12.0 Å². The summed E-state index contributed by atoms with van der Waals surface area (Å²) in [6.07, 6.45) is 4.48. The van der Waals surface area contributed by atoms with Crippen molar-refractivity contribution in [1.82, 2.24) is 10.6 Å². The van der Waals surface area contributed by atoms with Crippen LogP contribution in [0.3, 0.4) is 0 Å². The third-order valence-electron chi connectivity index (χ3n) is 3.50. The van der Waals surface area contributed by atoms with E-state index in [0.29, 0.717) is 13.1 Å². The highest BCUT2D eigenvalue weighted by Gasteiger charge is 2.15. The van der Waals surface area contributed by atoms with Gasteiger partial charge in [0, 0.05) is 13.2 Å². The van der Waals surface area contributed by atoms with Crippen molar-refractivity contribution in [2.45, 2.75) is 31.8 Å². The first-order chi connectivity index (χ1) is 9.84. The fourth-order valence-electron chi connectivity index (χ4n) is 2.36. The lowest BCUT2D eigenvalue weighted by atomic mass is 10.1. The predicted octanol–water partition coefficient (Wildman–Crippen LogP) is 1.50. The van der Waals surface area contributed by atoms with Crippen molar-refractivity contribution in [3.63, 3.8) is 0 Å². The smallest absolute Gasteiger partial charge is 0.234 e. The Morgan fingerprint density at radius 1 is 1.30 bits per heavy atom. The number of aryl methyl sites for hydroxylation is 1. The van der Waals surface area contributed by atoms with Crippen molar-refractivity contribution in [3.8, 4) is 0 Å². The van der Waals surface area contributed by atoms with Crippen molar-refractivity contribution >= 4 is 5.91 Å². The van der Waals surface area contributed by atoms with Gasteiger partial charge in [-0.1, -0.05) is 30.3 Å².